The number of hydrogen-bond donors (Lipinski definition) is 0. The Labute approximate surface area is 117 Å². The molecule has 0 bridgehead atoms. The molecule has 1 aromatic carbocycles. The van der Waals surface area contributed by atoms with E-state index in [9.17, 15) is 0 Å². The highest BCUT2D eigenvalue weighted by Crippen LogP contribution is 2.29. The third-order valence-corrected chi connectivity index (χ3v) is 3.64. The van der Waals surface area contributed by atoms with Gasteiger partial charge in [0, 0.05) is 29.9 Å². The molecule has 1 atom stereocenters. The Hall–Kier alpha value is -1.58. The van der Waals surface area contributed by atoms with Gasteiger partial charge in [-0.1, -0.05) is 35.9 Å². The number of halogens is 1. The average Bonchev–Trinajstić information content (AvgIpc) is 2.49. The summed E-state index contributed by atoms with van der Waals surface area (Å²) < 4.78 is 5.84. The monoisotopic (exact) mass is 274 g/mol. The molecule has 0 amide bonds. The zero-order valence-electron chi connectivity index (χ0n) is 10.5. The number of benzene rings is 1. The van der Waals surface area contributed by atoms with Crippen molar-refractivity contribution in [3.05, 3.63) is 59.2 Å². The van der Waals surface area contributed by atoms with Gasteiger partial charge in [0.05, 0.1) is 6.61 Å². The first kappa shape index (κ1) is 12.5. The summed E-state index contributed by atoms with van der Waals surface area (Å²) in [5, 5.41) is 0.760. The smallest absolute Gasteiger partial charge is 0.128 e. The molecular weight excluding hydrogens is 260 g/mol. The highest BCUT2D eigenvalue weighted by molar-refractivity contribution is 6.31. The Morgan fingerprint density at radius 1 is 1.16 bits per heavy atom. The minimum Gasteiger partial charge on any atom is -0.370 e. The summed E-state index contributed by atoms with van der Waals surface area (Å²) >= 11 is 6.24. The van der Waals surface area contributed by atoms with E-state index in [0.717, 1.165) is 29.5 Å². The molecule has 1 aliphatic rings. The van der Waals surface area contributed by atoms with Gasteiger partial charge in [-0.3, -0.25) is 0 Å². The van der Waals surface area contributed by atoms with E-state index in [4.69, 9.17) is 16.3 Å². The molecule has 0 unspecified atom stereocenters. The second-order valence-electron chi connectivity index (χ2n) is 4.51. The lowest BCUT2D eigenvalue weighted by molar-refractivity contribution is 0.0396. The minimum atomic E-state index is 0.00413. The second-order valence-corrected chi connectivity index (χ2v) is 4.92. The molecular formula is C15H15ClN2O. The van der Waals surface area contributed by atoms with Gasteiger partial charge in [0.15, 0.2) is 0 Å². The Morgan fingerprint density at radius 2 is 2.00 bits per heavy atom. The Kier molecular flexibility index (Phi) is 3.67. The fourth-order valence-corrected chi connectivity index (χ4v) is 2.58. The number of aromatic nitrogens is 1. The summed E-state index contributed by atoms with van der Waals surface area (Å²) in [6.07, 6.45) is 1.82. The van der Waals surface area contributed by atoms with Crippen molar-refractivity contribution in [1.82, 2.24) is 4.98 Å². The van der Waals surface area contributed by atoms with Crippen molar-refractivity contribution in [2.45, 2.75) is 6.10 Å². The van der Waals surface area contributed by atoms with Crippen LogP contribution in [0.25, 0.3) is 0 Å². The van der Waals surface area contributed by atoms with E-state index in [1.54, 1.807) is 0 Å². The van der Waals surface area contributed by atoms with Gasteiger partial charge in [0.2, 0.25) is 0 Å². The van der Waals surface area contributed by atoms with Gasteiger partial charge in [-0.15, -0.1) is 0 Å². The predicted molar refractivity (Wildman–Crippen MR) is 76.6 cm³/mol. The van der Waals surface area contributed by atoms with Crippen molar-refractivity contribution >= 4 is 17.4 Å². The van der Waals surface area contributed by atoms with Crippen molar-refractivity contribution < 1.29 is 4.74 Å². The SMILES string of the molecule is Clc1ccccc1[C@@H]1CN(c2ccccn2)CCO1. The Balaban J connectivity index is 1.81. The summed E-state index contributed by atoms with van der Waals surface area (Å²) in [4.78, 5) is 6.62. The molecule has 0 aliphatic carbocycles. The molecule has 1 fully saturated rings. The highest BCUT2D eigenvalue weighted by atomic mass is 35.5. The molecule has 1 saturated heterocycles. The van der Waals surface area contributed by atoms with Crippen LogP contribution in [0.1, 0.15) is 11.7 Å². The molecule has 19 heavy (non-hydrogen) atoms. The van der Waals surface area contributed by atoms with Crippen LogP contribution in [0.15, 0.2) is 48.7 Å². The zero-order chi connectivity index (χ0) is 13.1. The minimum absolute atomic E-state index is 0.00413. The van der Waals surface area contributed by atoms with Gasteiger partial charge in [-0.05, 0) is 18.2 Å². The topological polar surface area (TPSA) is 25.4 Å². The number of rotatable bonds is 2. The van der Waals surface area contributed by atoms with E-state index >= 15 is 0 Å². The summed E-state index contributed by atoms with van der Waals surface area (Å²) in [7, 11) is 0. The first-order chi connectivity index (χ1) is 9.34. The fourth-order valence-electron chi connectivity index (χ4n) is 2.32. The van der Waals surface area contributed by atoms with Crippen molar-refractivity contribution in [3.8, 4) is 0 Å². The summed E-state index contributed by atoms with van der Waals surface area (Å²) in [6, 6.07) is 13.8. The quantitative estimate of drug-likeness (QED) is 0.840. The van der Waals surface area contributed by atoms with Crippen LogP contribution in [0.3, 0.4) is 0 Å². The molecule has 2 aromatic rings. The van der Waals surface area contributed by atoms with Crippen LogP contribution >= 0.6 is 11.6 Å². The van der Waals surface area contributed by atoms with Crippen LogP contribution in [-0.4, -0.2) is 24.7 Å². The van der Waals surface area contributed by atoms with Crippen LogP contribution < -0.4 is 4.90 Å². The molecule has 3 rings (SSSR count). The molecule has 0 saturated carbocycles. The largest absolute Gasteiger partial charge is 0.370 e. The van der Waals surface area contributed by atoms with Crippen molar-refractivity contribution in [2.24, 2.45) is 0 Å². The van der Waals surface area contributed by atoms with Crippen molar-refractivity contribution in [2.75, 3.05) is 24.6 Å². The first-order valence-electron chi connectivity index (χ1n) is 6.36. The van der Waals surface area contributed by atoms with E-state index in [0.29, 0.717) is 6.61 Å². The van der Waals surface area contributed by atoms with E-state index in [-0.39, 0.29) is 6.10 Å². The maximum atomic E-state index is 6.24. The third-order valence-electron chi connectivity index (χ3n) is 3.29. The molecule has 98 valence electrons. The first-order valence-corrected chi connectivity index (χ1v) is 6.74. The maximum Gasteiger partial charge on any atom is 0.128 e. The Bertz CT molecular complexity index is 547. The summed E-state index contributed by atoms with van der Waals surface area (Å²) in [5.74, 6) is 0.989. The average molecular weight is 275 g/mol. The van der Waals surface area contributed by atoms with Crippen molar-refractivity contribution in [1.29, 1.82) is 0 Å². The van der Waals surface area contributed by atoms with E-state index in [1.165, 1.54) is 0 Å². The Morgan fingerprint density at radius 3 is 2.79 bits per heavy atom. The van der Waals surface area contributed by atoms with Gasteiger partial charge < -0.3 is 9.64 Å². The number of nitrogens with zero attached hydrogens (tertiary/aromatic N) is 2. The highest BCUT2D eigenvalue weighted by Gasteiger charge is 2.24. The zero-order valence-corrected chi connectivity index (χ0v) is 11.3. The lowest BCUT2D eigenvalue weighted by Crippen LogP contribution is -2.38. The molecule has 0 radical (unpaired) electrons. The number of hydrogen-bond acceptors (Lipinski definition) is 3. The number of pyridine rings is 1. The molecule has 1 aromatic heterocycles. The van der Waals surface area contributed by atoms with Gasteiger partial charge >= 0.3 is 0 Å². The molecule has 0 spiro atoms. The van der Waals surface area contributed by atoms with E-state index < -0.39 is 0 Å². The molecule has 1 aliphatic heterocycles. The maximum absolute atomic E-state index is 6.24. The summed E-state index contributed by atoms with van der Waals surface area (Å²) in [6.45, 7) is 2.32. The standard InChI is InChI=1S/C15H15ClN2O/c16-13-6-2-1-5-12(13)14-11-18(9-10-19-14)15-7-3-4-8-17-15/h1-8,14H,9-11H2/t14-/m0/s1. The van der Waals surface area contributed by atoms with Gasteiger partial charge in [0.1, 0.15) is 11.9 Å². The molecule has 0 N–H and O–H groups in total. The second kappa shape index (κ2) is 5.59. The fraction of sp³-hybridized carbons (Fsp3) is 0.267. The van der Waals surface area contributed by atoms with Gasteiger partial charge in [0.25, 0.3) is 0 Å². The molecule has 4 heteroatoms. The van der Waals surface area contributed by atoms with E-state index in [2.05, 4.69) is 9.88 Å². The number of ether oxygens (including phenoxy) is 1. The third kappa shape index (κ3) is 2.72. The van der Waals surface area contributed by atoms with Crippen LogP contribution in [-0.2, 0) is 4.74 Å². The van der Waals surface area contributed by atoms with E-state index in [1.807, 2.05) is 48.7 Å². The van der Waals surface area contributed by atoms with Crippen LogP contribution in [0.5, 0.6) is 0 Å². The lowest BCUT2D eigenvalue weighted by Gasteiger charge is -2.34. The van der Waals surface area contributed by atoms with Gasteiger partial charge in [-0.2, -0.15) is 0 Å². The van der Waals surface area contributed by atoms with Crippen molar-refractivity contribution in [3.63, 3.8) is 0 Å². The molecule has 2 heterocycles. The molecule has 3 nitrogen and oxygen atoms in total. The predicted octanol–water partition coefficient (Wildman–Crippen LogP) is 3.31. The summed E-state index contributed by atoms with van der Waals surface area (Å²) in [5.41, 5.74) is 1.05. The van der Waals surface area contributed by atoms with Crippen LogP contribution in [0.2, 0.25) is 5.02 Å². The normalized spacial score (nSPS) is 19.4. The number of anilines is 1. The number of morpholine rings is 1. The lowest BCUT2D eigenvalue weighted by atomic mass is 10.1. The van der Waals surface area contributed by atoms with Gasteiger partial charge in [-0.25, -0.2) is 4.98 Å². The van der Waals surface area contributed by atoms with Crippen LogP contribution in [0, 0.1) is 0 Å². The van der Waals surface area contributed by atoms with Crippen LogP contribution in [0.4, 0.5) is 5.82 Å².